The van der Waals surface area contributed by atoms with Crippen LogP contribution >= 0.6 is 11.6 Å². The quantitative estimate of drug-likeness (QED) is 0.0548. The van der Waals surface area contributed by atoms with Crippen molar-refractivity contribution in [2.75, 3.05) is 40.9 Å². The number of benzene rings is 2. The van der Waals surface area contributed by atoms with Gasteiger partial charge in [-0.05, 0) is 99.9 Å². The van der Waals surface area contributed by atoms with E-state index in [4.69, 9.17) is 40.6 Å². The van der Waals surface area contributed by atoms with Crippen LogP contribution in [0.2, 0.25) is 0 Å². The number of phenolic OH excluding ortho intramolecular Hbond substituents is 1. The molecule has 2 aromatic carbocycles. The number of alkyl halides is 1. The molecule has 296 valence electrons. The van der Waals surface area contributed by atoms with Crippen LogP contribution < -0.4 is 4.74 Å². The zero-order valence-corrected chi connectivity index (χ0v) is 32.7. The Morgan fingerprint density at radius 3 is 1.44 bits per heavy atom. The number of carbonyl (C=O) groups is 2. The van der Waals surface area contributed by atoms with Gasteiger partial charge in [-0.3, -0.25) is 20.2 Å². The van der Waals surface area contributed by atoms with Gasteiger partial charge in [0.1, 0.15) is 32.3 Å². The van der Waals surface area contributed by atoms with Gasteiger partial charge in [0, 0.05) is 30.1 Å². The Morgan fingerprint density at radius 2 is 1.05 bits per heavy atom. The highest BCUT2D eigenvalue weighted by Gasteiger charge is 2.27. The van der Waals surface area contributed by atoms with Crippen LogP contribution in [0.4, 0.5) is 11.4 Å². The van der Waals surface area contributed by atoms with Crippen LogP contribution in [0.15, 0.2) is 103 Å². The van der Waals surface area contributed by atoms with Crippen LogP contribution in [0.3, 0.4) is 0 Å². The van der Waals surface area contributed by atoms with E-state index in [0.717, 1.165) is 28.7 Å². The van der Waals surface area contributed by atoms with Crippen molar-refractivity contribution in [1.82, 2.24) is 0 Å². The van der Waals surface area contributed by atoms with Crippen molar-refractivity contribution >= 4 is 46.3 Å². The van der Waals surface area contributed by atoms with Crippen molar-refractivity contribution in [3.63, 3.8) is 0 Å². The van der Waals surface area contributed by atoms with E-state index in [1.165, 1.54) is 81.6 Å². The zero-order chi connectivity index (χ0) is 41.2. The largest absolute Gasteiger partial charge is 0.508 e. The third-order valence-corrected chi connectivity index (χ3v) is 8.85. The number of hydrogen-bond donors (Lipinski definition) is 1. The fourth-order valence-corrected chi connectivity index (χ4v) is 5.48. The molecule has 0 saturated carbocycles. The number of nitro benzene ring substituents is 2. The third kappa shape index (κ3) is 13.4. The highest BCUT2D eigenvalue weighted by atomic mass is 35.5. The second kappa shape index (κ2) is 22.2. The monoisotopic (exact) mass is 784 g/mol. The number of rotatable bonds is 12. The minimum atomic E-state index is -0.577. The lowest BCUT2D eigenvalue weighted by Gasteiger charge is -2.23. The molecule has 1 N–H and O–H groups in total. The van der Waals surface area contributed by atoms with Crippen molar-refractivity contribution in [1.29, 1.82) is 0 Å². The summed E-state index contributed by atoms with van der Waals surface area (Å²) in [6.45, 7) is 8.37. The third-order valence-electron chi connectivity index (χ3n) is 8.53. The van der Waals surface area contributed by atoms with Crippen molar-refractivity contribution in [2.24, 2.45) is 10.3 Å². The van der Waals surface area contributed by atoms with Crippen molar-refractivity contribution < 1.29 is 48.4 Å². The predicted molar refractivity (Wildman–Crippen MR) is 206 cm³/mol. The second-order valence-electron chi connectivity index (χ2n) is 12.2. The van der Waals surface area contributed by atoms with Gasteiger partial charge in [-0.15, -0.1) is 11.6 Å². The standard InChI is InChI=1S/C19H22N2O6.C13H18ClNO3.C6H5NO3/c1-12-9-14(11-27-16-7-5-15(6-8-16)21(23)24)17(10-13(12)2)18(20-26-4)19(22)25-3;1-8-5-10(7-14)11(6-9(8)2)12(15-18-4)13(16)17-3;8-6-3-1-5(2-4-6)7(9)10/h5-8H,9-11H2,1-4H3;5-7H2,1-4H3;1-4,8H/b20-18+;15-12+;. The maximum absolute atomic E-state index is 12.1. The lowest BCUT2D eigenvalue weighted by Crippen LogP contribution is -2.24. The number of ether oxygens (including phenoxy) is 3. The average Bonchev–Trinajstić information content (AvgIpc) is 3.17. The van der Waals surface area contributed by atoms with Gasteiger partial charge in [0.15, 0.2) is 11.4 Å². The lowest BCUT2D eigenvalue weighted by molar-refractivity contribution is -0.385. The number of nitrogens with zero attached hydrogens (tertiary/aromatic N) is 4. The molecule has 0 fully saturated rings. The first-order valence-electron chi connectivity index (χ1n) is 16.6. The molecular formula is C38H45ClN4O12. The zero-order valence-electron chi connectivity index (χ0n) is 32.0. The smallest absolute Gasteiger partial charge is 0.360 e. The highest BCUT2D eigenvalue weighted by Crippen LogP contribution is 2.33. The van der Waals surface area contributed by atoms with E-state index in [9.17, 15) is 29.8 Å². The second-order valence-corrected chi connectivity index (χ2v) is 12.4. The molecule has 2 aromatic rings. The van der Waals surface area contributed by atoms with Gasteiger partial charge in [-0.1, -0.05) is 32.6 Å². The molecule has 0 aliphatic heterocycles. The molecule has 0 heterocycles. The van der Waals surface area contributed by atoms with Crippen LogP contribution in [0.5, 0.6) is 11.5 Å². The number of phenols is 1. The molecule has 17 heteroatoms. The Morgan fingerprint density at radius 1 is 0.673 bits per heavy atom. The van der Waals surface area contributed by atoms with Gasteiger partial charge in [0.2, 0.25) is 0 Å². The Labute approximate surface area is 323 Å². The number of aromatic hydroxyl groups is 1. The summed E-state index contributed by atoms with van der Waals surface area (Å²) in [7, 11) is 5.39. The SMILES string of the molecule is CO/N=C(/C(=O)OC)C1=C(CCl)CC(C)=C(C)C1.CO/N=C(/C(=O)OC)C1=C(COc2ccc([N+](=O)[O-])cc2)CC(C)=C(C)C1.O=[N+]([O-])c1ccc(O)cc1. The first-order chi connectivity index (χ1) is 26.1. The summed E-state index contributed by atoms with van der Waals surface area (Å²) in [5, 5.41) is 37.1. The topological polar surface area (TPSA) is 212 Å². The number of esters is 2. The molecule has 0 bridgehead atoms. The number of methoxy groups -OCH3 is 2. The first-order valence-corrected chi connectivity index (χ1v) is 17.1. The average molecular weight is 785 g/mol. The number of nitro groups is 2. The van der Waals surface area contributed by atoms with Gasteiger partial charge in [-0.2, -0.15) is 0 Å². The molecule has 0 atom stereocenters. The van der Waals surface area contributed by atoms with E-state index in [1.807, 2.05) is 20.8 Å². The van der Waals surface area contributed by atoms with E-state index >= 15 is 0 Å². The minimum Gasteiger partial charge on any atom is -0.508 e. The molecule has 2 aliphatic carbocycles. The van der Waals surface area contributed by atoms with E-state index in [1.54, 1.807) is 12.1 Å². The number of oxime groups is 2. The summed E-state index contributed by atoms with van der Waals surface area (Å²) < 4.78 is 15.3. The molecule has 0 amide bonds. The van der Waals surface area contributed by atoms with Crippen LogP contribution in [0.25, 0.3) is 0 Å². The van der Waals surface area contributed by atoms with E-state index in [2.05, 4.69) is 17.2 Å². The van der Waals surface area contributed by atoms with Crippen molar-refractivity contribution in [3.8, 4) is 11.5 Å². The van der Waals surface area contributed by atoms with Crippen LogP contribution in [-0.2, 0) is 28.7 Å². The van der Waals surface area contributed by atoms with Gasteiger partial charge in [0.25, 0.3) is 11.4 Å². The molecule has 4 rings (SSSR count). The van der Waals surface area contributed by atoms with Crippen LogP contribution in [0.1, 0.15) is 53.4 Å². The van der Waals surface area contributed by atoms with Crippen LogP contribution in [-0.4, -0.2) is 79.2 Å². The van der Waals surface area contributed by atoms with Crippen molar-refractivity contribution in [2.45, 2.75) is 53.4 Å². The molecule has 0 radical (unpaired) electrons. The Balaban J connectivity index is 0.000000319. The maximum Gasteiger partial charge on any atom is 0.360 e. The first kappa shape index (κ1) is 45.1. The molecule has 0 spiro atoms. The highest BCUT2D eigenvalue weighted by molar-refractivity contribution is 6.44. The lowest BCUT2D eigenvalue weighted by atomic mass is 9.85. The van der Waals surface area contributed by atoms with E-state index in [0.29, 0.717) is 36.5 Å². The molecule has 0 unspecified atom stereocenters. The summed E-state index contributed by atoms with van der Waals surface area (Å²) in [5.41, 5.74) is 8.60. The maximum atomic E-state index is 12.1. The van der Waals surface area contributed by atoms with Crippen LogP contribution in [0, 0.1) is 20.2 Å². The normalized spacial score (nSPS) is 14.6. The molecular weight excluding hydrogens is 740 g/mol. The summed E-state index contributed by atoms with van der Waals surface area (Å²) >= 11 is 5.95. The number of allylic oxidation sites excluding steroid dienone is 5. The molecule has 0 saturated heterocycles. The molecule has 55 heavy (non-hydrogen) atoms. The number of halogens is 1. The molecule has 2 aliphatic rings. The summed E-state index contributed by atoms with van der Waals surface area (Å²) in [6.07, 6.45) is 2.60. The van der Waals surface area contributed by atoms with E-state index in [-0.39, 0.29) is 35.2 Å². The summed E-state index contributed by atoms with van der Waals surface area (Å²) in [4.78, 5) is 53.2. The number of carbonyl (C=O) groups excluding carboxylic acids is 2. The van der Waals surface area contributed by atoms with Gasteiger partial charge >= 0.3 is 11.9 Å². The minimum absolute atomic E-state index is 0.00507. The molecule has 16 nitrogen and oxygen atoms in total. The summed E-state index contributed by atoms with van der Waals surface area (Å²) in [5.74, 6) is -0.168. The number of hydrogen-bond acceptors (Lipinski definition) is 14. The Kier molecular flexibility index (Phi) is 18.3. The van der Waals surface area contributed by atoms with Crippen molar-refractivity contribution in [3.05, 3.63) is 113 Å². The fourth-order valence-electron chi connectivity index (χ4n) is 5.22. The number of non-ortho nitro benzene ring substituents is 2. The molecule has 0 aromatic heterocycles. The van der Waals surface area contributed by atoms with Gasteiger partial charge < -0.3 is 29.0 Å². The fraction of sp³-hybridized carbons (Fsp3) is 0.368. The predicted octanol–water partition coefficient (Wildman–Crippen LogP) is 7.70. The Hall–Kier alpha value is -6.03. The Bertz CT molecular complexity index is 1910. The summed E-state index contributed by atoms with van der Waals surface area (Å²) in [6, 6.07) is 10.9. The van der Waals surface area contributed by atoms with Gasteiger partial charge in [0.05, 0.1) is 24.1 Å². The van der Waals surface area contributed by atoms with Gasteiger partial charge in [-0.25, -0.2) is 9.59 Å². The van der Waals surface area contributed by atoms with E-state index < -0.39 is 21.8 Å².